The normalized spacial score (nSPS) is 11.8. The zero-order valence-corrected chi connectivity index (χ0v) is 68.4. The fourth-order valence-electron chi connectivity index (χ4n) is 12.1. The van der Waals surface area contributed by atoms with Gasteiger partial charge in [-0.25, -0.2) is 68.3 Å². The SMILES string of the molecule is C.C.C.C.CC[C@@H](Cn1cnc2ccc(-c3cnc(OC)c(NS(=O)(=O)c4ccc(F)cc4Cl)c3)cc2c1=O)C(=O)NC.CC[C@H](Cn1cnc2ccc(-c3cnc(OC)c(NS(=O)(=O)c4ccc(F)cc4Cl)c3)cc2c1=O)C(=O)NC.CC[C@H](Cn1cnc2ccc(-c3cnc(OC)c(NS(=O)(=O)c4ccc(F)cc4Cl)c3)cc2c1=O)C(=O)NC. The number of nitrogens with one attached hydrogen (secondary N) is 6. The fourth-order valence-corrected chi connectivity index (χ4v) is 16.9. The maximum absolute atomic E-state index is 13.4. The Morgan fingerprint density at radius 1 is 0.380 bits per heavy atom. The average Bonchev–Trinajstić information content (AvgIpc) is 0.787. The van der Waals surface area contributed by atoms with Crippen LogP contribution in [-0.2, 0) is 64.1 Å². The second-order valence-electron chi connectivity index (χ2n) is 25.8. The quantitative estimate of drug-likeness (QED) is 0.0278. The zero-order valence-electron chi connectivity index (χ0n) is 63.7. The molecular weight excluding hydrogens is 1690 g/mol. The van der Waals surface area contributed by atoms with Gasteiger partial charge in [-0.2, -0.15) is 0 Å². The summed E-state index contributed by atoms with van der Waals surface area (Å²) in [5, 5.41) is 7.91. The number of carbonyl (C=O) groups is 3. The van der Waals surface area contributed by atoms with Crippen LogP contribution in [0.4, 0.5) is 30.2 Å². The molecule has 3 atom stereocenters. The summed E-state index contributed by atoms with van der Waals surface area (Å²) in [5.74, 6) is -3.75. The molecule has 0 saturated carbocycles. The van der Waals surface area contributed by atoms with E-state index in [1.165, 1.54) is 90.8 Å². The van der Waals surface area contributed by atoms with Gasteiger partial charge in [0.2, 0.25) is 35.4 Å². The maximum atomic E-state index is 13.4. The van der Waals surface area contributed by atoms with Gasteiger partial charge < -0.3 is 30.2 Å². The van der Waals surface area contributed by atoms with E-state index in [-0.39, 0.29) is 148 Å². The molecule has 0 aliphatic rings. The number of anilines is 3. The number of methoxy groups -OCH3 is 3. The third-order valence-electron chi connectivity index (χ3n) is 18.5. The predicted octanol–water partition coefficient (Wildman–Crippen LogP) is 14.0. The minimum Gasteiger partial charge on any atom is -0.480 e. The first-order valence-electron chi connectivity index (χ1n) is 35.4. The lowest BCUT2D eigenvalue weighted by Gasteiger charge is -2.15. The lowest BCUT2D eigenvalue weighted by molar-refractivity contribution is -0.125. The second-order valence-corrected chi connectivity index (χ2v) is 32.0. The van der Waals surface area contributed by atoms with Crippen LogP contribution in [0.25, 0.3) is 66.1 Å². The summed E-state index contributed by atoms with van der Waals surface area (Å²) in [4.78, 5) is 101. The van der Waals surface area contributed by atoms with Gasteiger partial charge in [-0.1, -0.05) is 103 Å². The average molecular weight is 1790 g/mol. The van der Waals surface area contributed by atoms with Gasteiger partial charge in [-0.15, -0.1) is 0 Å². The molecule has 6 aromatic heterocycles. The lowest BCUT2D eigenvalue weighted by Crippen LogP contribution is -2.33. The van der Waals surface area contributed by atoms with E-state index in [1.807, 2.05) is 20.8 Å². The van der Waals surface area contributed by atoms with Crippen LogP contribution in [0.2, 0.25) is 15.1 Å². The number of rotatable bonds is 27. The third kappa shape index (κ3) is 22.7. The fraction of sp³-hybridized carbons (Fsp3) is 0.268. The number of hydrogen-bond donors (Lipinski definition) is 6. The Labute approximate surface area is 712 Å². The highest BCUT2D eigenvalue weighted by Gasteiger charge is 2.28. The van der Waals surface area contributed by atoms with Crippen LogP contribution in [0.3, 0.4) is 0 Å². The van der Waals surface area contributed by atoms with Crippen LogP contribution in [-0.4, -0.2) is 129 Å². The maximum Gasteiger partial charge on any atom is 0.263 e. The number of aromatic nitrogens is 9. The molecule has 0 aliphatic heterocycles. The van der Waals surface area contributed by atoms with Gasteiger partial charge in [0.05, 0.1) is 106 Å². The van der Waals surface area contributed by atoms with Crippen LogP contribution in [0.1, 0.15) is 69.7 Å². The standard InChI is InChI=1S/3C26H25ClFN5O5S.4CH4/c3*1-4-15(24(34)29-2)13-33-14-31-21-7-5-16(9-19(21)26(33)35)17-10-22(25(38-3)30-12-17)32-39(36,37)23-8-6-18(28)11-20(23)27;;;;/h3*5-12,14-15,32H,4,13H2,1-3H3,(H,29,34);4*1H4/t3*15-;;;;/m110..../s1. The van der Waals surface area contributed by atoms with Crippen LogP contribution >= 0.6 is 34.8 Å². The summed E-state index contributed by atoms with van der Waals surface area (Å²) in [7, 11) is -4.05. The summed E-state index contributed by atoms with van der Waals surface area (Å²) in [5.41, 5.74) is 3.57. The number of amides is 3. The highest BCUT2D eigenvalue weighted by atomic mass is 35.5. The van der Waals surface area contributed by atoms with Crippen LogP contribution < -0.4 is 61.0 Å². The van der Waals surface area contributed by atoms with Crippen molar-refractivity contribution in [1.82, 2.24) is 59.6 Å². The molecule has 12 aromatic rings. The number of halogens is 6. The number of benzene rings is 6. The Hall–Kier alpha value is -12.1. The van der Waals surface area contributed by atoms with Crippen molar-refractivity contribution in [3.63, 3.8) is 0 Å². The van der Waals surface area contributed by atoms with Crippen molar-refractivity contribution in [2.75, 3.05) is 56.6 Å². The summed E-state index contributed by atoms with van der Waals surface area (Å²) < 4.78 is 145. The van der Waals surface area contributed by atoms with Crippen molar-refractivity contribution in [2.45, 2.75) is 104 Å². The van der Waals surface area contributed by atoms with Crippen molar-refractivity contribution < 1.29 is 67.0 Å². The van der Waals surface area contributed by atoms with E-state index in [1.54, 1.807) is 75.7 Å². The number of carbonyl (C=O) groups excluding carboxylic acids is 3. The molecule has 0 fully saturated rings. The van der Waals surface area contributed by atoms with Gasteiger partial charge in [0.15, 0.2) is 0 Å². The summed E-state index contributed by atoms with van der Waals surface area (Å²) in [6.07, 6.45) is 10.3. The smallest absolute Gasteiger partial charge is 0.263 e. The number of sulfonamides is 3. The monoisotopic (exact) mass is 1780 g/mol. The Morgan fingerprint density at radius 3 is 0.843 bits per heavy atom. The molecule has 0 radical (unpaired) electrons. The number of ether oxygens (including phenoxy) is 3. The van der Waals surface area contributed by atoms with Crippen LogP contribution in [0, 0.1) is 35.2 Å². The molecule has 0 bridgehead atoms. The molecule has 12 rings (SSSR count). The van der Waals surface area contributed by atoms with E-state index in [0.717, 1.165) is 54.6 Å². The molecule has 0 spiro atoms. The van der Waals surface area contributed by atoms with Gasteiger partial charge in [0.1, 0.15) is 49.2 Å². The first-order valence-corrected chi connectivity index (χ1v) is 41.0. The Morgan fingerprint density at radius 2 is 0.628 bits per heavy atom. The first kappa shape index (κ1) is 97.7. The molecule has 30 nitrogen and oxygen atoms in total. The third-order valence-corrected chi connectivity index (χ3v) is 24.0. The molecular formula is C82H91Cl3F3N15O15S3. The summed E-state index contributed by atoms with van der Waals surface area (Å²) in [6.45, 7) is 6.11. The van der Waals surface area contributed by atoms with Crippen molar-refractivity contribution in [3.8, 4) is 51.0 Å². The van der Waals surface area contributed by atoms with Gasteiger partial charge in [-0.05, 0) is 145 Å². The van der Waals surface area contributed by atoms with Gasteiger partial charge >= 0.3 is 0 Å². The highest BCUT2D eigenvalue weighted by Crippen LogP contribution is 2.37. The Bertz CT molecular complexity index is 5790. The largest absolute Gasteiger partial charge is 0.480 e. The zero-order chi connectivity index (χ0) is 85.0. The topological polar surface area (TPSA) is 397 Å². The molecule has 0 aliphatic carbocycles. The number of fused-ring (bicyclic) bond motifs is 3. The molecule has 39 heteroatoms. The second kappa shape index (κ2) is 42.2. The highest BCUT2D eigenvalue weighted by molar-refractivity contribution is 7.93. The molecule has 644 valence electrons. The minimum atomic E-state index is -4.23. The van der Waals surface area contributed by atoms with Gasteiger partial charge in [0.25, 0.3) is 46.7 Å². The summed E-state index contributed by atoms with van der Waals surface area (Å²) in [6, 6.07) is 28.3. The van der Waals surface area contributed by atoms with Crippen molar-refractivity contribution in [1.29, 1.82) is 0 Å². The summed E-state index contributed by atoms with van der Waals surface area (Å²) >= 11 is 17.9. The molecule has 0 saturated heterocycles. The first-order chi connectivity index (χ1) is 55.7. The van der Waals surface area contributed by atoms with Crippen molar-refractivity contribution in [2.24, 2.45) is 17.8 Å². The number of hydrogen-bond acceptors (Lipinski definition) is 21. The number of nitrogens with zero attached hydrogens (tertiary/aromatic N) is 9. The molecule has 121 heavy (non-hydrogen) atoms. The molecule has 3 amide bonds. The number of pyridine rings is 3. The molecule has 6 N–H and O–H groups in total. The molecule has 0 unspecified atom stereocenters. The van der Waals surface area contributed by atoms with Crippen LogP contribution in [0.15, 0.2) is 194 Å². The Kier molecular flexibility index (Phi) is 34.1. The van der Waals surface area contributed by atoms with E-state index in [2.05, 4.69) is 60.0 Å². The van der Waals surface area contributed by atoms with Crippen molar-refractivity contribution >= 4 is 132 Å². The van der Waals surface area contributed by atoms with Gasteiger partial charge in [0, 0.05) is 76.1 Å². The van der Waals surface area contributed by atoms with Gasteiger partial charge in [-0.3, -0.25) is 56.6 Å². The molecule has 6 heterocycles. The van der Waals surface area contributed by atoms with E-state index >= 15 is 0 Å². The Balaban J connectivity index is 0.000000277. The van der Waals surface area contributed by atoms with E-state index in [4.69, 9.17) is 49.0 Å². The van der Waals surface area contributed by atoms with E-state index in [9.17, 15) is 67.2 Å². The van der Waals surface area contributed by atoms with Crippen LogP contribution in [0.5, 0.6) is 17.6 Å². The van der Waals surface area contributed by atoms with Crippen molar-refractivity contribution in [3.05, 3.63) is 229 Å². The van der Waals surface area contributed by atoms with E-state index in [0.29, 0.717) is 85.4 Å². The lowest BCUT2D eigenvalue weighted by atomic mass is 10.0. The minimum absolute atomic E-state index is 0. The predicted molar refractivity (Wildman–Crippen MR) is 464 cm³/mol. The van der Waals surface area contributed by atoms with E-state index < -0.39 is 65.3 Å². The molecule has 6 aromatic carbocycles.